The van der Waals surface area contributed by atoms with E-state index >= 15 is 0 Å². The third-order valence-electron chi connectivity index (χ3n) is 4.09. The molecule has 24 heavy (non-hydrogen) atoms. The van der Waals surface area contributed by atoms with Crippen LogP contribution in [0.25, 0.3) is 11.6 Å². The summed E-state index contributed by atoms with van der Waals surface area (Å²) < 4.78 is 40.7. The van der Waals surface area contributed by atoms with Gasteiger partial charge in [0.1, 0.15) is 0 Å². The summed E-state index contributed by atoms with van der Waals surface area (Å²) in [5, 5.41) is 6.73. The number of aromatic nitrogens is 2. The Labute approximate surface area is 138 Å². The lowest BCUT2D eigenvalue weighted by atomic mass is 9.99. The molecule has 2 aromatic rings. The molecule has 1 aliphatic rings. The molecule has 7 heteroatoms. The molecule has 128 valence electrons. The van der Waals surface area contributed by atoms with Crippen molar-refractivity contribution < 1.29 is 13.2 Å². The Morgan fingerprint density at radius 3 is 2.42 bits per heavy atom. The van der Waals surface area contributed by atoms with Gasteiger partial charge in [0.15, 0.2) is 5.69 Å². The van der Waals surface area contributed by atoms with Crippen LogP contribution in [0.15, 0.2) is 24.3 Å². The summed E-state index contributed by atoms with van der Waals surface area (Å²) in [5.41, 5.74) is 2.78. The Kier molecular flexibility index (Phi) is 4.13. The highest BCUT2D eigenvalue weighted by atomic mass is 19.4. The van der Waals surface area contributed by atoms with E-state index in [0.717, 1.165) is 16.8 Å². The van der Waals surface area contributed by atoms with Gasteiger partial charge in [-0.1, -0.05) is 12.1 Å². The molecule has 1 N–H and O–H groups in total. The Balaban J connectivity index is 2.02. The first kappa shape index (κ1) is 16.6. The SMILES string of the molecule is CN(C)c1ccc(C=C2CNCc3c(C(F)(F)F)nn(C)c32)cc1. The van der Waals surface area contributed by atoms with E-state index in [9.17, 15) is 13.2 Å². The van der Waals surface area contributed by atoms with Crippen LogP contribution < -0.4 is 10.2 Å². The summed E-state index contributed by atoms with van der Waals surface area (Å²) in [6.45, 7) is 0.689. The predicted octanol–water partition coefficient (Wildman–Crippen LogP) is 3.15. The van der Waals surface area contributed by atoms with Crippen molar-refractivity contribution in [3.8, 4) is 0 Å². The number of fused-ring (bicyclic) bond motifs is 1. The second-order valence-electron chi connectivity index (χ2n) is 6.06. The summed E-state index contributed by atoms with van der Waals surface area (Å²) in [5.74, 6) is 0. The predicted molar refractivity (Wildman–Crippen MR) is 88.6 cm³/mol. The minimum absolute atomic E-state index is 0.176. The molecule has 0 bridgehead atoms. The monoisotopic (exact) mass is 336 g/mol. The first-order valence-electron chi connectivity index (χ1n) is 7.59. The average molecular weight is 336 g/mol. The fourth-order valence-corrected chi connectivity index (χ4v) is 2.96. The van der Waals surface area contributed by atoms with Crippen molar-refractivity contribution in [2.24, 2.45) is 7.05 Å². The normalized spacial score (nSPS) is 16.3. The van der Waals surface area contributed by atoms with Crippen molar-refractivity contribution in [3.63, 3.8) is 0 Å². The Hall–Kier alpha value is -2.28. The third-order valence-corrected chi connectivity index (χ3v) is 4.09. The molecule has 1 aromatic heterocycles. The fourth-order valence-electron chi connectivity index (χ4n) is 2.96. The number of nitrogens with zero attached hydrogens (tertiary/aromatic N) is 3. The second-order valence-corrected chi connectivity index (χ2v) is 6.06. The average Bonchev–Trinajstić information content (AvgIpc) is 2.86. The van der Waals surface area contributed by atoms with E-state index in [1.807, 2.05) is 49.3 Å². The van der Waals surface area contributed by atoms with Crippen LogP contribution in [0, 0.1) is 0 Å². The van der Waals surface area contributed by atoms with E-state index < -0.39 is 11.9 Å². The van der Waals surface area contributed by atoms with Crippen molar-refractivity contribution in [2.45, 2.75) is 12.7 Å². The Morgan fingerprint density at radius 1 is 1.17 bits per heavy atom. The van der Waals surface area contributed by atoms with E-state index in [1.165, 1.54) is 4.68 Å². The van der Waals surface area contributed by atoms with Crippen LogP contribution in [0.4, 0.5) is 18.9 Å². The van der Waals surface area contributed by atoms with Crippen LogP contribution >= 0.6 is 0 Å². The van der Waals surface area contributed by atoms with Crippen molar-refractivity contribution in [2.75, 3.05) is 25.5 Å². The molecule has 2 heterocycles. The van der Waals surface area contributed by atoms with E-state index in [2.05, 4.69) is 10.4 Å². The first-order chi connectivity index (χ1) is 11.3. The van der Waals surface area contributed by atoms with Gasteiger partial charge in [0.25, 0.3) is 0 Å². The smallest absolute Gasteiger partial charge is 0.378 e. The molecule has 1 aromatic carbocycles. The van der Waals surface area contributed by atoms with Gasteiger partial charge in [-0.2, -0.15) is 18.3 Å². The molecule has 0 amide bonds. The van der Waals surface area contributed by atoms with Gasteiger partial charge in [-0.05, 0) is 29.3 Å². The van der Waals surface area contributed by atoms with Gasteiger partial charge < -0.3 is 10.2 Å². The van der Waals surface area contributed by atoms with Crippen LogP contribution in [0.1, 0.15) is 22.5 Å². The molecule has 1 aliphatic heterocycles. The van der Waals surface area contributed by atoms with E-state index in [-0.39, 0.29) is 12.1 Å². The standard InChI is InChI=1S/C17H19F3N4/c1-23(2)13-6-4-11(5-7-13)8-12-9-21-10-14-15(12)24(3)22-16(14)17(18,19)20/h4-8,21H,9-10H2,1-3H3. The summed E-state index contributed by atoms with van der Waals surface area (Å²) in [6, 6.07) is 7.87. The molecule has 0 radical (unpaired) electrons. The number of alkyl halides is 3. The Bertz CT molecular complexity index is 770. The zero-order valence-electron chi connectivity index (χ0n) is 13.8. The number of benzene rings is 1. The van der Waals surface area contributed by atoms with Gasteiger partial charge in [-0.15, -0.1) is 0 Å². The number of hydrogen-bond donors (Lipinski definition) is 1. The van der Waals surface area contributed by atoms with Crippen molar-refractivity contribution >= 4 is 17.3 Å². The minimum atomic E-state index is -4.44. The summed E-state index contributed by atoms with van der Waals surface area (Å²) in [6.07, 6.45) is -2.53. The van der Waals surface area contributed by atoms with Crippen molar-refractivity contribution in [1.29, 1.82) is 0 Å². The van der Waals surface area contributed by atoms with Crippen LogP contribution in [-0.2, 0) is 19.8 Å². The number of hydrogen-bond acceptors (Lipinski definition) is 3. The maximum absolute atomic E-state index is 13.1. The number of halogens is 3. The zero-order chi connectivity index (χ0) is 17.5. The quantitative estimate of drug-likeness (QED) is 0.915. The van der Waals surface area contributed by atoms with Crippen LogP contribution in [0.2, 0.25) is 0 Å². The molecule has 4 nitrogen and oxygen atoms in total. The van der Waals surface area contributed by atoms with Crippen molar-refractivity contribution in [3.05, 3.63) is 46.8 Å². The maximum Gasteiger partial charge on any atom is 0.435 e. The minimum Gasteiger partial charge on any atom is -0.378 e. The van der Waals surface area contributed by atoms with Gasteiger partial charge in [0.05, 0.1) is 5.69 Å². The highest BCUT2D eigenvalue weighted by Crippen LogP contribution is 2.36. The van der Waals surface area contributed by atoms with Crippen LogP contribution in [0.5, 0.6) is 0 Å². The molecule has 0 unspecified atom stereocenters. The summed E-state index contributed by atoms with van der Waals surface area (Å²) in [4.78, 5) is 1.99. The number of nitrogens with one attached hydrogen (secondary N) is 1. The molecule has 0 atom stereocenters. The van der Waals surface area contributed by atoms with Crippen LogP contribution in [-0.4, -0.2) is 30.4 Å². The lowest BCUT2D eigenvalue weighted by Crippen LogP contribution is -2.25. The molecule has 3 rings (SSSR count). The lowest BCUT2D eigenvalue weighted by Gasteiger charge is -2.19. The van der Waals surface area contributed by atoms with Gasteiger partial charge in [-0.3, -0.25) is 4.68 Å². The second kappa shape index (κ2) is 5.98. The highest BCUT2D eigenvalue weighted by Gasteiger charge is 2.39. The molecule has 0 fully saturated rings. The fraction of sp³-hybridized carbons (Fsp3) is 0.353. The van der Waals surface area contributed by atoms with Gasteiger partial charge in [0, 0.05) is 45.5 Å². The van der Waals surface area contributed by atoms with Gasteiger partial charge in [-0.25, -0.2) is 0 Å². The highest BCUT2D eigenvalue weighted by molar-refractivity contribution is 5.84. The maximum atomic E-state index is 13.1. The molecular weight excluding hydrogens is 317 g/mol. The molecule has 0 aliphatic carbocycles. The van der Waals surface area contributed by atoms with Crippen molar-refractivity contribution in [1.82, 2.24) is 15.1 Å². The van der Waals surface area contributed by atoms with E-state index in [1.54, 1.807) is 7.05 Å². The van der Waals surface area contributed by atoms with Gasteiger partial charge in [0.2, 0.25) is 0 Å². The first-order valence-corrected chi connectivity index (χ1v) is 7.59. The third kappa shape index (κ3) is 3.03. The van der Waals surface area contributed by atoms with E-state index in [0.29, 0.717) is 12.2 Å². The Morgan fingerprint density at radius 2 is 1.83 bits per heavy atom. The number of anilines is 1. The zero-order valence-corrected chi connectivity index (χ0v) is 13.8. The number of rotatable bonds is 2. The topological polar surface area (TPSA) is 33.1 Å². The van der Waals surface area contributed by atoms with Crippen LogP contribution in [0.3, 0.4) is 0 Å². The molecule has 0 spiro atoms. The van der Waals surface area contributed by atoms with E-state index in [4.69, 9.17) is 0 Å². The summed E-state index contributed by atoms with van der Waals surface area (Å²) >= 11 is 0. The lowest BCUT2D eigenvalue weighted by molar-refractivity contribution is -0.142. The van der Waals surface area contributed by atoms with Gasteiger partial charge >= 0.3 is 6.18 Å². The molecular formula is C17H19F3N4. The largest absolute Gasteiger partial charge is 0.435 e. The summed E-state index contributed by atoms with van der Waals surface area (Å²) in [7, 11) is 5.47. The molecule has 0 saturated heterocycles. The molecule has 0 saturated carbocycles. The number of aryl methyl sites for hydroxylation is 1.